The van der Waals surface area contributed by atoms with E-state index in [1.807, 2.05) is 48.5 Å². The Kier molecular flexibility index (Phi) is 9.98. The minimum atomic E-state index is -0.578. The third-order valence-corrected chi connectivity index (χ3v) is 9.04. The molecule has 0 unspecified atom stereocenters. The zero-order chi connectivity index (χ0) is 31.2. The van der Waals surface area contributed by atoms with Crippen LogP contribution in [0.2, 0.25) is 0 Å². The smallest absolute Gasteiger partial charge is 0.253 e. The summed E-state index contributed by atoms with van der Waals surface area (Å²) in [5.74, 6) is -0.0893. The number of carbonyl (C=O) groups is 1. The Morgan fingerprint density at radius 3 is 2.49 bits per heavy atom. The molecule has 8 heteroatoms. The number of rotatable bonds is 10. The van der Waals surface area contributed by atoms with Gasteiger partial charge in [-0.25, -0.2) is 0 Å². The van der Waals surface area contributed by atoms with Gasteiger partial charge in [-0.2, -0.15) is 0 Å². The molecule has 2 aliphatic heterocycles. The number of amides is 1. The highest BCUT2D eigenvalue weighted by Gasteiger charge is 2.40. The second kappa shape index (κ2) is 14.5. The van der Waals surface area contributed by atoms with Gasteiger partial charge in [0.2, 0.25) is 0 Å². The molecular weight excluding hydrogens is 566 g/mol. The number of carbonyl (C=O) groups excluding carboxylic acids is 1. The molecule has 8 nitrogen and oxygen atoms in total. The molecular formula is C37H41N3O5. The van der Waals surface area contributed by atoms with Gasteiger partial charge in [0.15, 0.2) is 6.29 Å². The fourth-order valence-corrected chi connectivity index (χ4v) is 6.41. The summed E-state index contributed by atoms with van der Waals surface area (Å²) < 4.78 is 13.4. The van der Waals surface area contributed by atoms with Gasteiger partial charge >= 0.3 is 0 Å². The number of aromatic nitrogens is 1. The number of ether oxygens (including phenoxy) is 2. The lowest BCUT2D eigenvalue weighted by molar-refractivity contribution is -0.276. The van der Waals surface area contributed by atoms with Crippen molar-refractivity contribution < 1.29 is 24.5 Å². The Hall–Kier alpha value is -3.92. The number of benzene rings is 3. The first-order valence-corrected chi connectivity index (χ1v) is 15.8. The first-order chi connectivity index (χ1) is 22.0. The van der Waals surface area contributed by atoms with Crippen LogP contribution in [0.1, 0.15) is 64.8 Å². The van der Waals surface area contributed by atoms with E-state index in [4.69, 9.17) is 9.47 Å². The van der Waals surface area contributed by atoms with Crippen LogP contribution in [0.3, 0.4) is 0 Å². The van der Waals surface area contributed by atoms with Gasteiger partial charge in [0.1, 0.15) is 0 Å². The standard InChI is InChI=1S/C37H41N3O5/c1-25-34(22-40-17-5-11-33(40)24-42)44-37(45-35(25)28-14-12-26(23-41)13-15-28)31-9-3-8-30(19-31)29-7-2-6-27(18-29)20-39-36(43)32-10-4-16-38-21-32/h2-4,6-10,12-16,18-19,21,25,33-35,37,41-42H,5,11,17,20,22-24H2,1H3,(H,39,43)/t25-,33-,34+,35+,37+/m0/s1. The van der Waals surface area contributed by atoms with E-state index in [-0.39, 0.29) is 43.3 Å². The highest BCUT2D eigenvalue weighted by molar-refractivity contribution is 5.93. The van der Waals surface area contributed by atoms with Crippen molar-refractivity contribution in [2.45, 2.75) is 57.5 Å². The third kappa shape index (κ3) is 7.32. The van der Waals surface area contributed by atoms with Crippen LogP contribution in [0.15, 0.2) is 97.3 Å². The molecule has 3 N–H and O–H groups in total. The van der Waals surface area contributed by atoms with Crippen LogP contribution >= 0.6 is 0 Å². The zero-order valence-corrected chi connectivity index (χ0v) is 25.6. The Labute approximate surface area is 264 Å². The van der Waals surface area contributed by atoms with Crippen LogP contribution in [0.25, 0.3) is 11.1 Å². The lowest BCUT2D eigenvalue weighted by Crippen LogP contribution is -2.46. The van der Waals surface area contributed by atoms with E-state index in [9.17, 15) is 15.0 Å². The van der Waals surface area contributed by atoms with Crippen molar-refractivity contribution in [2.75, 3.05) is 19.7 Å². The minimum absolute atomic E-state index is 0.00189. The van der Waals surface area contributed by atoms with Gasteiger partial charge in [0, 0.05) is 43.0 Å². The molecule has 0 spiro atoms. The van der Waals surface area contributed by atoms with E-state index >= 15 is 0 Å². The molecule has 2 aliphatic rings. The van der Waals surface area contributed by atoms with Crippen molar-refractivity contribution in [1.29, 1.82) is 0 Å². The summed E-state index contributed by atoms with van der Waals surface area (Å²) in [4.78, 5) is 18.9. The number of aliphatic hydroxyl groups is 2. The highest BCUT2D eigenvalue weighted by atomic mass is 16.7. The summed E-state index contributed by atoms with van der Waals surface area (Å²) in [6.07, 6.45) is 4.40. The van der Waals surface area contributed by atoms with Crippen molar-refractivity contribution in [2.24, 2.45) is 5.92 Å². The van der Waals surface area contributed by atoms with Crippen LogP contribution in [0.5, 0.6) is 0 Å². The Morgan fingerprint density at radius 1 is 0.933 bits per heavy atom. The summed E-state index contributed by atoms with van der Waals surface area (Å²) in [7, 11) is 0. The first kappa shape index (κ1) is 31.1. The zero-order valence-electron chi connectivity index (χ0n) is 25.6. The number of aliphatic hydroxyl groups excluding tert-OH is 2. The maximum Gasteiger partial charge on any atom is 0.253 e. The summed E-state index contributed by atoms with van der Waals surface area (Å²) >= 11 is 0. The Morgan fingerprint density at radius 2 is 1.73 bits per heavy atom. The predicted octanol–water partition coefficient (Wildman–Crippen LogP) is 5.42. The van der Waals surface area contributed by atoms with Gasteiger partial charge in [0.05, 0.1) is 31.0 Å². The molecule has 5 atom stereocenters. The molecule has 3 aromatic carbocycles. The lowest BCUT2D eigenvalue weighted by Gasteiger charge is -2.43. The molecule has 0 bridgehead atoms. The summed E-state index contributed by atoms with van der Waals surface area (Å²) in [5, 5.41) is 22.5. The summed E-state index contributed by atoms with van der Waals surface area (Å²) in [5.41, 5.74) is 6.42. The van der Waals surface area contributed by atoms with Crippen LogP contribution in [0, 0.1) is 5.92 Å². The molecule has 6 rings (SSSR count). The quantitative estimate of drug-likeness (QED) is 0.221. The molecule has 0 aliphatic carbocycles. The first-order valence-electron chi connectivity index (χ1n) is 15.8. The van der Waals surface area contributed by atoms with E-state index in [2.05, 4.69) is 46.4 Å². The van der Waals surface area contributed by atoms with Crippen molar-refractivity contribution in [3.8, 4) is 11.1 Å². The number of hydrogen-bond donors (Lipinski definition) is 3. The topological polar surface area (TPSA) is 104 Å². The molecule has 0 saturated carbocycles. The Balaban J connectivity index is 1.23. The SMILES string of the molecule is C[C@H]1[C@@H](CN2CCC[C@H]2CO)O[C@@H](c2cccc(-c3cccc(CNC(=O)c4cccnc4)c3)c2)O[C@H]1c1ccc(CO)cc1. The summed E-state index contributed by atoms with van der Waals surface area (Å²) in [6, 6.07) is 28.0. The number of nitrogens with one attached hydrogen (secondary N) is 1. The van der Waals surface area contributed by atoms with Crippen LogP contribution < -0.4 is 5.32 Å². The van der Waals surface area contributed by atoms with Gasteiger partial charge in [0.25, 0.3) is 5.91 Å². The molecule has 4 aromatic rings. The van der Waals surface area contributed by atoms with Crippen LogP contribution in [0.4, 0.5) is 0 Å². The van der Waals surface area contributed by atoms with Crippen molar-refractivity contribution in [3.05, 3.63) is 125 Å². The van der Waals surface area contributed by atoms with Gasteiger partial charge in [-0.1, -0.05) is 67.6 Å². The normalized spacial score (nSPS) is 23.6. The fourth-order valence-electron chi connectivity index (χ4n) is 6.41. The van der Waals surface area contributed by atoms with E-state index in [1.165, 1.54) is 0 Å². The monoisotopic (exact) mass is 607 g/mol. The molecule has 2 saturated heterocycles. The van der Waals surface area contributed by atoms with E-state index < -0.39 is 6.29 Å². The molecule has 1 amide bonds. The van der Waals surface area contributed by atoms with E-state index in [1.54, 1.807) is 24.5 Å². The number of hydrogen-bond acceptors (Lipinski definition) is 7. The van der Waals surface area contributed by atoms with Gasteiger partial charge in [-0.05, 0) is 71.5 Å². The molecule has 234 valence electrons. The third-order valence-electron chi connectivity index (χ3n) is 9.04. The molecule has 0 radical (unpaired) electrons. The molecule has 3 heterocycles. The lowest BCUT2D eigenvalue weighted by atomic mass is 9.89. The average molecular weight is 608 g/mol. The number of pyridine rings is 1. The fraction of sp³-hybridized carbons (Fsp3) is 0.351. The number of likely N-dealkylation sites (tertiary alicyclic amines) is 1. The molecule has 2 fully saturated rings. The minimum Gasteiger partial charge on any atom is -0.395 e. The van der Waals surface area contributed by atoms with Crippen molar-refractivity contribution in [3.63, 3.8) is 0 Å². The van der Waals surface area contributed by atoms with E-state index in [0.717, 1.165) is 59.3 Å². The largest absolute Gasteiger partial charge is 0.395 e. The van der Waals surface area contributed by atoms with Crippen LogP contribution in [-0.2, 0) is 22.6 Å². The molecule has 45 heavy (non-hydrogen) atoms. The average Bonchev–Trinajstić information content (AvgIpc) is 3.56. The molecule has 1 aromatic heterocycles. The Bertz CT molecular complexity index is 1560. The van der Waals surface area contributed by atoms with Gasteiger partial charge < -0.3 is 25.0 Å². The van der Waals surface area contributed by atoms with Gasteiger partial charge in [-0.15, -0.1) is 0 Å². The number of nitrogens with zero attached hydrogens (tertiary/aromatic N) is 2. The van der Waals surface area contributed by atoms with Crippen molar-refractivity contribution >= 4 is 5.91 Å². The van der Waals surface area contributed by atoms with E-state index in [0.29, 0.717) is 12.1 Å². The second-order valence-electron chi connectivity index (χ2n) is 12.0. The predicted molar refractivity (Wildman–Crippen MR) is 172 cm³/mol. The maximum absolute atomic E-state index is 12.5. The van der Waals surface area contributed by atoms with Crippen LogP contribution in [-0.4, -0.2) is 57.8 Å². The van der Waals surface area contributed by atoms with Crippen molar-refractivity contribution in [1.82, 2.24) is 15.2 Å². The summed E-state index contributed by atoms with van der Waals surface area (Å²) in [6.45, 7) is 4.40. The van der Waals surface area contributed by atoms with Gasteiger partial charge in [-0.3, -0.25) is 14.7 Å². The second-order valence-corrected chi connectivity index (χ2v) is 12.0. The highest BCUT2D eigenvalue weighted by Crippen LogP contribution is 2.43. The maximum atomic E-state index is 12.5.